The number of nitrogens with zero attached hydrogens (tertiary/aromatic N) is 1. The van der Waals surface area contributed by atoms with Gasteiger partial charge in [-0.25, -0.2) is 9.79 Å². The van der Waals surface area contributed by atoms with Crippen molar-refractivity contribution in [2.24, 2.45) is 4.99 Å². The van der Waals surface area contributed by atoms with Crippen LogP contribution in [-0.4, -0.2) is 23.3 Å². The molecule has 0 radical (unpaired) electrons. The van der Waals surface area contributed by atoms with Gasteiger partial charge >= 0.3 is 5.97 Å². The number of carbonyl (C=O) groups is 1. The van der Waals surface area contributed by atoms with Crippen molar-refractivity contribution in [3.05, 3.63) is 29.8 Å². The van der Waals surface area contributed by atoms with Crippen molar-refractivity contribution in [1.82, 2.24) is 0 Å². The molecule has 0 aliphatic carbocycles. The Hall–Kier alpha value is -1.71. The molecule has 0 aliphatic heterocycles. The highest BCUT2D eigenvalue weighted by Crippen LogP contribution is 2.21. The van der Waals surface area contributed by atoms with Crippen molar-refractivity contribution >= 4 is 23.3 Å². The number of hydrogen-bond donors (Lipinski definition) is 1. The van der Waals surface area contributed by atoms with Gasteiger partial charge in [0.25, 0.3) is 0 Å². The lowest BCUT2D eigenvalue weighted by Crippen LogP contribution is -2.08. The molecule has 4 nitrogen and oxygen atoms in total. The molecule has 15 heavy (non-hydrogen) atoms. The molecule has 0 amide bonds. The van der Waals surface area contributed by atoms with Crippen molar-refractivity contribution in [2.75, 3.05) is 7.11 Å². The van der Waals surface area contributed by atoms with Crippen LogP contribution in [0.4, 0.5) is 0 Å². The van der Waals surface area contributed by atoms with Crippen LogP contribution in [0.2, 0.25) is 0 Å². The van der Waals surface area contributed by atoms with Crippen LogP contribution in [-0.2, 0) is 4.79 Å². The van der Waals surface area contributed by atoms with Gasteiger partial charge in [0.1, 0.15) is 5.75 Å². The first kappa shape index (κ1) is 11.4. The molecular formula is C10H9NO3S. The van der Waals surface area contributed by atoms with E-state index < -0.39 is 12.0 Å². The van der Waals surface area contributed by atoms with Gasteiger partial charge in [0.2, 0.25) is 0 Å². The SMILES string of the molecule is COc1cccc(C(N=C=S)C(=O)O)c1. The molecule has 0 spiro atoms. The molecule has 1 aromatic rings. The Morgan fingerprint density at radius 2 is 2.40 bits per heavy atom. The number of thiocarbonyl (C=S) groups is 1. The molecule has 78 valence electrons. The van der Waals surface area contributed by atoms with Gasteiger partial charge in [-0.15, -0.1) is 0 Å². The zero-order valence-electron chi connectivity index (χ0n) is 8.01. The van der Waals surface area contributed by atoms with E-state index in [0.29, 0.717) is 11.3 Å². The molecule has 1 aromatic carbocycles. The number of ether oxygens (including phenoxy) is 1. The summed E-state index contributed by atoms with van der Waals surface area (Å²) in [5, 5.41) is 11.0. The first-order valence-electron chi connectivity index (χ1n) is 4.12. The lowest BCUT2D eigenvalue weighted by atomic mass is 10.1. The summed E-state index contributed by atoms with van der Waals surface area (Å²) in [6.07, 6.45) is 0. The van der Waals surface area contributed by atoms with Gasteiger partial charge in [-0.1, -0.05) is 12.1 Å². The van der Waals surface area contributed by atoms with Gasteiger partial charge in [-0.3, -0.25) is 0 Å². The minimum absolute atomic E-state index is 0.513. The molecule has 0 saturated carbocycles. The minimum Gasteiger partial charge on any atom is -0.497 e. The second kappa shape index (κ2) is 5.24. The van der Waals surface area contributed by atoms with Crippen LogP contribution in [0.5, 0.6) is 5.75 Å². The zero-order valence-corrected chi connectivity index (χ0v) is 8.82. The van der Waals surface area contributed by atoms with Crippen LogP contribution < -0.4 is 4.74 Å². The molecule has 0 heterocycles. The molecule has 0 bridgehead atoms. The average molecular weight is 223 g/mol. The molecule has 1 N–H and O–H groups in total. The summed E-state index contributed by atoms with van der Waals surface area (Å²) < 4.78 is 4.98. The van der Waals surface area contributed by atoms with Gasteiger partial charge in [-0.05, 0) is 29.9 Å². The Morgan fingerprint density at radius 3 is 2.93 bits per heavy atom. The minimum atomic E-state index is -1.07. The lowest BCUT2D eigenvalue weighted by molar-refractivity contribution is -0.138. The highest BCUT2D eigenvalue weighted by atomic mass is 32.1. The zero-order chi connectivity index (χ0) is 11.3. The van der Waals surface area contributed by atoms with E-state index in [1.165, 1.54) is 7.11 Å². The molecule has 1 atom stereocenters. The molecule has 1 unspecified atom stereocenters. The lowest BCUT2D eigenvalue weighted by Gasteiger charge is -2.07. The van der Waals surface area contributed by atoms with Crippen molar-refractivity contribution < 1.29 is 14.6 Å². The summed E-state index contributed by atoms with van der Waals surface area (Å²) in [7, 11) is 1.51. The highest BCUT2D eigenvalue weighted by molar-refractivity contribution is 7.78. The summed E-state index contributed by atoms with van der Waals surface area (Å²) >= 11 is 4.40. The maximum absolute atomic E-state index is 10.9. The maximum atomic E-state index is 10.9. The number of methoxy groups -OCH3 is 1. The van der Waals surface area contributed by atoms with E-state index in [9.17, 15) is 4.79 Å². The van der Waals surface area contributed by atoms with E-state index in [1.54, 1.807) is 24.3 Å². The molecule has 5 heteroatoms. The number of hydrogen-bond acceptors (Lipinski definition) is 4. The summed E-state index contributed by atoms with van der Waals surface area (Å²) in [6.45, 7) is 0. The second-order valence-corrected chi connectivity index (χ2v) is 2.92. The normalized spacial score (nSPS) is 11.3. The topological polar surface area (TPSA) is 58.9 Å². The fourth-order valence-corrected chi connectivity index (χ4v) is 1.24. The second-order valence-electron chi connectivity index (χ2n) is 2.74. The van der Waals surface area contributed by atoms with Crippen LogP contribution in [0.15, 0.2) is 29.3 Å². The third kappa shape index (κ3) is 2.87. The summed E-state index contributed by atoms with van der Waals surface area (Å²) in [5.74, 6) is -0.487. The average Bonchev–Trinajstić information content (AvgIpc) is 2.25. The Bertz CT molecular complexity index is 411. The standard InChI is InChI=1S/C10H9NO3S/c1-14-8-4-2-3-7(5-8)9(10(12)13)11-6-15/h2-5,9H,1H3,(H,12,13). The Morgan fingerprint density at radius 1 is 1.67 bits per heavy atom. The molecule has 0 saturated heterocycles. The van der Waals surface area contributed by atoms with Gasteiger partial charge in [0.05, 0.1) is 12.3 Å². The largest absolute Gasteiger partial charge is 0.497 e. The summed E-state index contributed by atoms with van der Waals surface area (Å²) in [4.78, 5) is 14.4. The fourth-order valence-electron chi connectivity index (χ4n) is 1.14. The van der Waals surface area contributed by atoms with Crippen LogP contribution in [0, 0.1) is 0 Å². The molecule has 0 fully saturated rings. The quantitative estimate of drug-likeness (QED) is 0.625. The van der Waals surface area contributed by atoms with E-state index in [-0.39, 0.29) is 0 Å². The predicted molar refractivity (Wildman–Crippen MR) is 58.4 cm³/mol. The van der Waals surface area contributed by atoms with Crippen LogP contribution in [0.3, 0.4) is 0 Å². The van der Waals surface area contributed by atoms with E-state index in [1.807, 2.05) is 0 Å². The number of aliphatic carboxylic acids is 1. The third-order valence-corrected chi connectivity index (χ3v) is 1.93. The number of aliphatic imine (C=N–C) groups is 1. The van der Waals surface area contributed by atoms with Crippen LogP contribution >= 0.6 is 12.2 Å². The van der Waals surface area contributed by atoms with Crippen molar-refractivity contribution in [2.45, 2.75) is 6.04 Å². The molecule has 0 aromatic heterocycles. The maximum Gasteiger partial charge on any atom is 0.333 e. The molecule has 1 rings (SSSR count). The van der Waals surface area contributed by atoms with E-state index in [4.69, 9.17) is 9.84 Å². The number of benzene rings is 1. The van der Waals surface area contributed by atoms with Crippen LogP contribution in [0.1, 0.15) is 11.6 Å². The van der Waals surface area contributed by atoms with Crippen molar-refractivity contribution in [1.29, 1.82) is 0 Å². The molecular weight excluding hydrogens is 214 g/mol. The van der Waals surface area contributed by atoms with Gasteiger partial charge in [-0.2, -0.15) is 0 Å². The van der Waals surface area contributed by atoms with Gasteiger partial charge < -0.3 is 9.84 Å². The van der Waals surface area contributed by atoms with Gasteiger partial charge in [0, 0.05) is 0 Å². The van der Waals surface area contributed by atoms with Crippen molar-refractivity contribution in [3.63, 3.8) is 0 Å². The predicted octanol–water partition coefficient (Wildman–Crippen LogP) is 1.92. The van der Waals surface area contributed by atoms with Crippen LogP contribution in [0.25, 0.3) is 0 Å². The van der Waals surface area contributed by atoms with E-state index >= 15 is 0 Å². The smallest absolute Gasteiger partial charge is 0.333 e. The Kier molecular flexibility index (Phi) is 3.97. The monoisotopic (exact) mass is 223 g/mol. The number of rotatable bonds is 4. The molecule has 0 aliphatic rings. The summed E-state index contributed by atoms with van der Waals surface area (Å²) in [5.41, 5.74) is 0.513. The number of isothiocyanates is 1. The van der Waals surface area contributed by atoms with Crippen molar-refractivity contribution in [3.8, 4) is 5.75 Å². The number of carboxylic acid groups (broad SMARTS) is 1. The van der Waals surface area contributed by atoms with E-state index in [2.05, 4.69) is 22.4 Å². The Balaban J connectivity index is 3.10. The fraction of sp³-hybridized carbons (Fsp3) is 0.200. The van der Waals surface area contributed by atoms with E-state index in [0.717, 1.165) is 0 Å². The summed E-state index contributed by atoms with van der Waals surface area (Å²) in [6, 6.07) is 5.66. The first-order valence-corrected chi connectivity index (χ1v) is 4.53. The first-order chi connectivity index (χ1) is 7.19. The Labute approximate surface area is 92.2 Å². The number of carboxylic acids is 1. The van der Waals surface area contributed by atoms with Gasteiger partial charge in [0.15, 0.2) is 6.04 Å². The third-order valence-electron chi connectivity index (χ3n) is 1.83. The highest BCUT2D eigenvalue weighted by Gasteiger charge is 2.18.